The van der Waals surface area contributed by atoms with Crippen LogP contribution in [0.2, 0.25) is 0 Å². The smallest absolute Gasteiger partial charge is 0.529 e. The summed E-state index contributed by atoms with van der Waals surface area (Å²) in [6, 6.07) is 13.0. The first-order valence-corrected chi connectivity index (χ1v) is 10.9. The first-order valence-electron chi connectivity index (χ1n) is 7.80. The lowest BCUT2D eigenvalue weighted by molar-refractivity contribution is 0.286. The van der Waals surface area contributed by atoms with Crippen molar-refractivity contribution >= 4 is 33.5 Å². The molecule has 146 valence electrons. The summed E-state index contributed by atoms with van der Waals surface area (Å²) in [7, 11) is -1.31. The first kappa shape index (κ1) is 21.7. The number of hydrogen-bond donors (Lipinski definition) is 0. The zero-order valence-electron chi connectivity index (χ0n) is 15.5. The topological polar surface area (TPSA) is 89.5 Å². The van der Waals surface area contributed by atoms with E-state index in [2.05, 4.69) is 0 Å². The van der Waals surface area contributed by atoms with Crippen LogP contribution in [0.15, 0.2) is 48.5 Å². The second-order valence-electron chi connectivity index (χ2n) is 5.12. The van der Waals surface area contributed by atoms with Crippen LogP contribution in [0.4, 0.5) is 0 Å². The van der Waals surface area contributed by atoms with Gasteiger partial charge in [0.25, 0.3) is 0 Å². The van der Waals surface area contributed by atoms with Crippen LogP contribution in [0.1, 0.15) is 0 Å². The highest BCUT2D eigenvalue weighted by Gasteiger charge is 2.25. The highest BCUT2D eigenvalue weighted by atomic mass is 31.2. The average molecular weight is 414 g/mol. The van der Waals surface area contributed by atoms with Gasteiger partial charge in [0.2, 0.25) is 0 Å². The van der Waals surface area contributed by atoms with Gasteiger partial charge in [-0.15, -0.1) is 0 Å². The Hall–Kier alpha value is -1.60. The molecule has 2 aromatic rings. The fourth-order valence-electron chi connectivity index (χ4n) is 2.19. The molecule has 0 unspecified atom stereocenters. The molecule has 0 saturated heterocycles. The third-order valence-electron chi connectivity index (χ3n) is 3.72. The van der Waals surface area contributed by atoms with Crippen LogP contribution >= 0.6 is 15.2 Å². The van der Waals surface area contributed by atoms with Crippen molar-refractivity contribution < 1.29 is 36.5 Å². The van der Waals surface area contributed by atoms with Crippen LogP contribution in [0.25, 0.3) is 0 Å². The molecule has 2 rings (SSSR count). The van der Waals surface area contributed by atoms with E-state index in [0.717, 1.165) is 0 Å². The molecule has 0 radical (unpaired) electrons. The Kier molecular flexibility index (Phi) is 7.68. The maximum atomic E-state index is 12.3. The Labute approximate surface area is 159 Å². The minimum Gasteiger partial charge on any atom is -0.529 e. The van der Waals surface area contributed by atoms with Gasteiger partial charge in [-0.2, -0.15) is 0 Å². The van der Waals surface area contributed by atoms with E-state index >= 15 is 0 Å². The Morgan fingerprint density at radius 2 is 0.889 bits per heavy atom. The Morgan fingerprint density at radius 1 is 0.593 bits per heavy atom. The SMILES string of the molecule is COP(=O)(OC)c1ccc(OBOc2ccc(P(=O)(OC)OC)cc2)cc1. The van der Waals surface area contributed by atoms with Crippen molar-refractivity contribution in [2.75, 3.05) is 28.4 Å². The molecule has 27 heavy (non-hydrogen) atoms. The van der Waals surface area contributed by atoms with E-state index in [9.17, 15) is 9.13 Å². The van der Waals surface area contributed by atoms with E-state index in [0.29, 0.717) is 22.1 Å². The molecule has 8 nitrogen and oxygen atoms in total. The molecule has 0 fully saturated rings. The predicted molar refractivity (Wildman–Crippen MR) is 104 cm³/mol. The minimum atomic E-state index is -3.28. The predicted octanol–water partition coefficient (Wildman–Crippen LogP) is 2.63. The Balaban J connectivity index is 1.93. The van der Waals surface area contributed by atoms with E-state index in [-0.39, 0.29) is 7.69 Å². The molecule has 0 heterocycles. The summed E-state index contributed by atoms with van der Waals surface area (Å²) in [6.45, 7) is 0. The molecule has 0 aliphatic carbocycles. The summed E-state index contributed by atoms with van der Waals surface area (Å²) in [5, 5.41) is 0.856. The van der Waals surface area contributed by atoms with Crippen LogP contribution in [-0.2, 0) is 27.2 Å². The highest BCUT2D eigenvalue weighted by Crippen LogP contribution is 2.45. The zero-order valence-corrected chi connectivity index (χ0v) is 17.3. The van der Waals surface area contributed by atoms with Gasteiger partial charge in [-0.1, -0.05) is 0 Å². The van der Waals surface area contributed by atoms with Crippen molar-refractivity contribution in [1.82, 2.24) is 0 Å². The third-order valence-corrected chi connectivity index (χ3v) is 7.50. The van der Waals surface area contributed by atoms with Crippen LogP contribution in [-0.4, -0.2) is 36.1 Å². The van der Waals surface area contributed by atoms with Crippen molar-refractivity contribution in [2.24, 2.45) is 0 Å². The zero-order chi connectivity index (χ0) is 19.9. The molecule has 0 bridgehead atoms. The van der Waals surface area contributed by atoms with E-state index in [4.69, 9.17) is 27.4 Å². The number of rotatable bonds is 10. The summed E-state index contributed by atoms with van der Waals surface area (Å²) in [4.78, 5) is 0. The van der Waals surface area contributed by atoms with Gasteiger partial charge in [0.1, 0.15) is 11.5 Å². The van der Waals surface area contributed by atoms with Crippen LogP contribution in [0.3, 0.4) is 0 Å². The molecule has 0 N–H and O–H groups in total. The Bertz CT molecular complexity index is 740. The first-order chi connectivity index (χ1) is 12.9. The molecule has 0 saturated carbocycles. The molecule has 2 aromatic carbocycles. The number of benzene rings is 2. The molecule has 0 aromatic heterocycles. The molecule has 11 heteroatoms. The van der Waals surface area contributed by atoms with Crippen LogP contribution < -0.4 is 19.9 Å². The molecular weight excluding hydrogens is 393 g/mol. The fourth-order valence-corrected chi connectivity index (χ4v) is 4.36. The molecule has 0 amide bonds. The molecule has 0 aliphatic heterocycles. The molecular formula is C16H21BO8P2. The quantitative estimate of drug-likeness (QED) is 0.433. The number of hydrogen-bond acceptors (Lipinski definition) is 8. The largest absolute Gasteiger partial charge is 0.576 e. The van der Waals surface area contributed by atoms with Crippen molar-refractivity contribution in [2.45, 2.75) is 0 Å². The van der Waals surface area contributed by atoms with Gasteiger partial charge >= 0.3 is 22.9 Å². The van der Waals surface area contributed by atoms with Gasteiger partial charge in [0.15, 0.2) is 0 Å². The van der Waals surface area contributed by atoms with Gasteiger partial charge in [-0.05, 0) is 48.5 Å². The summed E-state index contributed by atoms with van der Waals surface area (Å²) >= 11 is 0. The maximum Gasteiger partial charge on any atom is 0.576 e. The van der Waals surface area contributed by atoms with Crippen molar-refractivity contribution in [3.05, 3.63) is 48.5 Å². The van der Waals surface area contributed by atoms with Gasteiger partial charge in [0, 0.05) is 28.4 Å². The van der Waals surface area contributed by atoms with Crippen molar-refractivity contribution in [3.8, 4) is 11.5 Å². The van der Waals surface area contributed by atoms with Crippen LogP contribution in [0.5, 0.6) is 11.5 Å². The second-order valence-corrected chi connectivity index (χ2v) is 9.60. The molecule has 0 atom stereocenters. The lowest BCUT2D eigenvalue weighted by Crippen LogP contribution is -2.13. The summed E-state index contributed by atoms with van der Waals surface area (Å²) in [6.07, 6.45) is 0. The van der Waals surface area contributed by atoms with Gasteiger partial charge in [-0.25, -0.2) is 0 Å². The van der Waals surface area contributed by atoms with E-state index < -0.39 is 15.2 Å². The molecule has 0 aliphatic rings. The third kappa shape index (κ3) is 5.23. The standard InChI is InChI=1S/C16H21BO8P2/c1-20-26(18,21-2)15-9-5-13(6-10-15)24-17-25-14-7-11-16(12-8-14)27(19,22-3)23-4/h5-12,17H,1-4H3. The monoisotopic (exact) mass is 414 g/mol. The van der Waals surface area contributed by atoms with Gasteiger partial charge in [-0.3, -0.25) is 9.13 Å². The average Bonchev–Trinajstić information content (AvgIpc) is 2.73. The Morgan fingerprint density at radius 3 is 1.15 bits per heavy atom. The second kappa shape index (κ2) is 9.56. The van der Waals surface area contributed by atoms with E-state index in [1.165, 1.54) is 28.4 Å². The summed E-state index contributed by atoms with van der Waals surface area (Å²) in [5.41, 5.74) is 0. The van der Waals surface area contributed by atoms with Crippen LogP contribution in [0, 0.1) is 0 Å². The van der Waals surface area contributed by atoms with Gasteiger partial charge < -0.3 is 27.4 Å². The van der Waals surface area contributed by atoms with E-state index in [1.807, 2.05) is 0 Å². The van der Waals surface area contributed by atoms with Crippen molar-refractivity contribution in [1.29, 1.82) is 0 Å². The normalized spacial score (nSPS) is 11.9. The summed E-state index contributed by atoms with van der Waals surface area (Å²) in [5.74, 6) is 1.05. The maximum absolute atomic E-state index is 12.3. The minimum absolute atomic E-state index is 0.0445. The van der Waals surface area contributed by atoms with E-state index in [1.54, 1.807) is 48.5 Å². The lowest BCUT2D eigenvalue weighted by Gasteiger charge is -2.15. The lowest BCUT2D eigenvalue weighted by atomic mass is 10.3. The van der Waals surface area contributed by atoms with Gasteiger partial charge in [0.05, 0.1) is 10.6 Å². The fraction of sp³-hybridized carbons (Fsp3) is 0.250. The molecule has 0 spiro atoms. The summed E-state index contributed by atoms with van der Waals surface area (Å²) < 4.78 is 55.2. The highest BCUT2D eigenvalue weighted by molar-refractivity contribution is 7.62. The van der Waals surface area contributed by atoms with Crippen molar-refractivity contribution in [3.63, 3.8) is 0 Å².